The van der Waals surface area contributed by atoms with E-state index in [-0.39, 0.29) is 22.6 Å². The fourth-order valence-corrected chi connectivity index (χ4v) is 5.96. The predicted octanol–water partition coefficient (Wildman–Crippen LogP) is 2.96. The van der Waals surface area contributed by atoms with Crippen LogP contribution < -0.4 is 0 Å². The van der Waals surface area contributed by atoms with E-state index in [0.717, 1.165) is 5.56 Å². The Morgan fingerprint density at radius 1 is 0.939 bits per heavy atom. The Morgan fingerprint density at radius 2 is 1.52 bits per heavy atom. The standard InChI is InChI=1S/C23H23N3O6S/c1-15-25-19(20(22(27)31-2)21(24-25)23(28)32-3)14-18(16-10-6-4-7-11-16)26(15)33(29,30)17-12-8-5-9-13-17/h4-13,15,18H,14H2,1-3H3. The number of carbonyl (C=O) groups is 2. The minimum absolute atomic E-state index is 0.0195. The van der Waals surface area contributed by atoms with Crippen LogP contribution in [0.15, 0.2) is 65.6 Å². The zero-order valence-electron chi connectivity index (χ0n) is 18.3. The minimum Gasteiger partial charge on any atom is -0.465 e. The number of nitrogens with zero attached hydrogens (tertiary/aromatic N) is 3. The van der Waals surface area contributed by atoms with Crippen LogP contribution in [0.3, 0.4) is 0 Å². The van der Waals surface area contributed by atoms with E-state index < -0.39 is 34.2 Å². The van der Waals surface area contributed by atoms with Gasteiger partial charge < -0.3 is 9.47 Å². The third-order valence-electron chi connectivity index (χ3n) is 5.70. The monoisotopic (exact) mass is 469 g/mol. The van der Waals surface area contributed by atoms with Gasteiger partial charge in [-0.1, -0.05) is 48.5 Å². The quantitative estimate of drug-likeness (QED) is 0.529. The van der Waals surface area contributed by atoms with Gasteiger partial charge in [0.2, 0.25) is 10.0 Å². The van der Waals surface area contributed by atoms with Crippen molar-refractivity contribution in [1.29, 1.82) is 0 Å². The lowest BCUT2D eigenvalue weighted by molar-refractivity contribution is 0.0551. The molecule has 0 spiro atoms. The van der Waals surface area contributed by atoms with Gasteiger partial charge >= 0.3 is 11.9 Å². The molecule has 4 rings (SSSR count). The van der Waals surface area contributed by atoms with E-state index in [9.17, 15) is 18.0 Å². The zero-order valence-corrected chi connectivity index (χ0v) is 19.2. The summed E-state index contributed by atoms with van der Waals surface area (Å²) >= 11 is 0. The van der Waals surface area contributed by atoms with Gasteiger partial charge in [-0.2, -0.15) is 9.40 Å². The van der Waals surface area contributed by atoms with Gasteiger partial charge in [-0.05, 0) is 24.6 Å². The summed E-state index contributed by atoms with van der Waals surface area (Å²) < 4.78 is 40.0. The third-order valence-corrected chi connectivity index (χ3v) is 7.68. The summed E-state index contributed by atoms with van der Waals surface area (Å²) in [5.74, 6) is -1.55. The van der Waals surface area contributed by atoms with Crippen LogP contribution in [-0.2, 0) is 25.9 Å². The molecule has 0 N–H and O–H groups in total. The molecule has 10 heteroatoms. The highest BCUT2D eigenvalue weighted by atomic mass is 32.2. The van der Waals surface area contributed by atoms with Gasteiger partial charge in [0.05, 0.1) is 30.9 Å². The van der Waals surface area contributed by atoms with E-state index in [2.05, 4.69) is 5.10 Å². The number of esters is 2. The number of carbonyl (C=O) groups excluding carboxylic acids is 2. The largest absolute Gasteiger partial charge is 0.465 e. The Labute approximate surface area is 191 Å². The molecule has 3 aromatic rings. The van der Waals surface area contributed by atoms with Gasteiger partial charge in [0.15, 0.2) is 5.69 Å². The van der Waals surface area contributed by atoms with Crippen LogP contribution in [0.4, 0.5) is 0 Å². The molecule has 9 nitrogen and oxygen atoms in total. The highest BCUT2D eigenvalue weighted by molar-refractivity contribution is 7.89. The first kappa shape index (κ1) is 22.7. The summed E-state index contributed by atoms with van der Waals surface area (Å²) in [5.41, 5.74) is 0.917. The van der Waals surface area contributed by atoms with Crippen molar-refractivity contribution in [1.82, 2.24) is 14.1 Å². The average molecular weight is 470 g/mol. The van der Waals surface area contributed by atoms with Crippen molar-refractivity contribution >= 4 is 22.0 Å². The maximum Gasteiger partial charge on any atom is 0.359 e. The van der Waals surface area contributed by atoms with Crippen molar-refractivity contribution in [2.75, 3.05) is 14.2 Å². The zero-order chi connectivity index (χ0) is 23.8. The first-order valence-electron chi connectivity index (χ1n) is 10.2. The lowest BCUT2D eigenvalue weighted by Gasteiger charge is -2.40. The summed E-state index contributed by atoms with van der Waals surface area (Å²) in [7, 11) is -1.57. The Balaban J connectivity index is 1.96. The predicted molar refractivity (Wildman–Crippen MR) is 118 cm³/mol. The third kappa shape index (κ3) is 3.81. The van der Waals surface area contributed by atoms with E-state index in [0.29, 0.717) is 5.69 Å². The Hall–Kier alpha value is -3.50. The van der Waals surface area contributed by atoms with Crippen molar-refractivity contribution in [3.8, 4) is 0 Å². The van der Waals surface area contributed by atoms with Crippen LogP contribution in [0.1, 0.15) is 51.2 Å². The number of sulfonamides is 1. The molecular weight excluding hydrogens is 446 g/mol. The van der Waals surface area contributed by atoms with Gasteiger partial charge in [-0.15, -0.1) is 0 Å². The Bertz CT molecular complexity index is 1290. The van der Waals surface area contributed by atoms with E-state index in [1.54, 1.807) is 25.1 Å². The number of aromatic nitrogens is 2. The maximum atomic E-state index is 13.8. The van der Waals surface area contributed by atoms with Crippen molar-refractivity contribution in [2.45, 2.75) is 30.4 Å². The molecule has 172 valence electrons. The molecule has 2 unspecified atom stereocenters. The lowest BCUT2D eigenvalue weighted by atomic mass is 9.97. The average Bonchev–Trinajstić information content (AvgIpc) is 3.24. The molecule has 33 heavy (non-hydrogen) atoms. The molecule has 2 heterocycles. The van der Waals surface area contributed by atoms with E-state index in [4.69, 9.17) is 9.47 Å². The number of rotatable bonds is 5. The van der Waals surface area contributed by atoms with Gasteiger partial charge in [-0.25, -0.2) is 22.7 Å². The van der Waals surface area contributed by atoms with E-state index >= 15 is 0 Å². The number of hydrogen-bond donors (Lipinski definition) is 0. The van der Waals surface area contributed by atoms with Crippen molar-refractivity contribution in [3.63, 3.8) is 0 Å². The molecule has 1 aromatic heterocycles. The van der Waals surface area contributed by atoms with E-state index in [1.165, 1.54) is 35.3 Å². The molecule has 1 aliphatic rings. The highest BCUT2D eigenvalue weighted by Gasteiger charge is 2.45. The van der Waals surface area contributed by atoms with Gasteiger partial charge in [-0.3, -0.25) is 0 Å². The first-order valence-corrected chi connectivity index (χ1v) is 11.7. The lowest BCUT2D eigenvalue weighted by Crippen LogP contribution is -2.45. The topological polar surface area (TPSA) is 108 Å². The Morgan fingerprint density at radius 3 is 2.09 bits per heavy atom. The summed E-state index contributed by atoms with van der Waals surface area (Å²) in [6.45, 7) is 1.66. The second-order valence-corrected chi connectivity index (χ2v) is 9.35. The van der Waals surface area contributed by atoms with Crippen LogP contribution in [0.2, 0.25) is 0 Å². The molecular formula is C23H23N3O6S. The smallest absolute Gasteiger partial charge is 0.359 e. The SMILES string of the molecule is COC(=O)c1nn2c(c1C(=O)OC)CC(c1ccccc1)N(S(=O)(=O)c1ccccc1)C2C. The summed E-state index contributed by atoms with van der Waals surface area (Å²) in [6, 6.07) is 16.6. The summed E-state index contributed by atoms with van der Waals surface area (Å²) in [5, 5.41) is 4.29. The van der Waals surface area contributed by atoms with Crippen LogP contribution in [0.25, 0.3) is 0 Å². The number of methoxy groups -OCH3 is 2. The van der Waals surface area contributed by atoms with Crippen LogP contribution in [0, 0.1) is 0 Å². The van der Waals surface area contributed by atoms with Crippen LogP contribution in [-0.4, -0.2) is 48.7 Å². The molecule has 0 amide bonds. The number of hydrogen-bond acceptors (Lipinski definition) is 7. The van der Waals surface area contributed by atoms with Crippen molar-refractivity contribution < 1.29 is 27.5 Å². The van der Waals surface area contributed by atoms with Crippen molar-refractivity contribution in [2.24, 2.45) is 0 Å². The summed E-state index contributed by atoms with van der Waals surface area (Å²) in [6.07, 6.45) is -0.736. The normalized spacial score (nSPS) is 18.4. The van der Waals surface area contributed by atoms with Gasteiger partial charge in [0, 0.05) is 6.42 Å². The van der Waals surface area contributed by atoms with E-state index in [1.807, 2.05) is 30.3 Å². The minimum atomic E-state index is -3.97. The molecule has 0 radical (unpaired) electrons. The molecule has 2 atom stereocenters. The second-order valence-electron chi connectivity index (χ2n) is 7.51. The van der Waals surface area contributed by atoms with Gasteiger partial charge in [0.1, 0.15) is 11.7 Å². The Kier molecular flexibility index (Phi) is 6.05. The van der Waals surface area contributed by atoms with Crippen molar-refractivity contribution in [3.05, 3.63) is 83.2 Å². The first-order chi connectivity index (χ1) is 15.8. The van der Waals surface area contributed by atoms with Crippen LogP contribution in [0.5, 0.6) is 0 Å². The molecule has 2 aromatic carbocycles. The molecule has 1 aliphatic heterocycles. The highest BCUT2D eigenvalue weighted by Crippen LogP contribution is 2.41. The number of benzene rings is 2. The molecule has 0 bridgehead atoms. The molecule has 0 saturated heterocycles. The number of fused-ring (bicyclic) bond motifs is 1. The second kappa shape index (κ2) is 8.80. The number of ether oxygens (including phenoxy) is 2. The fourth-order valence-electron chi connectivity index (χ4n) is 4.19. The molecule has 0 fully saturated rings. The fraction of sp³-hybridized carbons (Fsp3) is 0.261. The van der Waals surface area contributed by atoms with Crippen LogP contribution >= 0.6 is 0 Å². The maximum absolute atomic E-state index is 13.8. The molecule has 0 aliphatic carbocycles. The molecule has 0 saturated carbocycles. The van der Waals surface area contributed by atoms with Gasteiger partial charge in [0.25, 0.3) is 0 Å². The summed E-state index contributed by atoms with van der Waals surface area (Å²) in [4.78, 5) is 25.1.